The molecule has 2 atom stereocenters. The standard InChI is InChI=1S/C25H20N2/c1-3-7-18(8-4-1)27(19-9-5-2-6-10-19)20-12-14-24-23(16-20)21-13-11-17-15-22(17)25(21)26-24/h1-14,16-17,22,26H,15H2. The first-order valence-electron chi connectivity index (χ1n) is 9.62. The topological polar surface area (TPSA) is 19.0 Å². The van der Waals surface area contributed by atoms with Crippen LogP contribution in [-0.4, -0.2) is 4.98 Å². The van der Waals surface area contributed by atoms with Gasteiger partial charge in [-0.25, -0.2) is 0 Å². The first-order valence-corrected chi connectivity index (χ1v) is 9.62. The molecule has 2 unspecified atom stereocenters. The molecule has 0 radical (unpaired) electrons. The van der Waals surface area contributed by atoms with Crippen LogP contribution in [0.15, 0.2) is 84.9 Å². The first-order chi connectivity index (χ1) is 13.4. The number of nitrogens with zero attached hydrogens (tertiary/aromatic N) is 1. The smallest absolute Gasteiger partial charge is 0.0469 e. The van der Waals surface area contributed by atoms with Crippen molar-refractivity contribution in [2.45, 2.75) is 12.3 Å². The number of rotatable bonds is 3. The van der Waals surface area contributed by atoms with Crippen LogP contribution in [0.4, 0.5) is 17.1 Å². The van der Waals surface area contributed by atoms with E-state index in [0.29, 0.717) is 5.92 Å². The van der Waals surface area contributed by atoms with E-state index in [1.54, 1.807) is 0 Å². The Morgan fingerprint density at radius 3 is 2.19 bits per heavy atom. The molecular formula is C25H20N2. The van der Waals surface area contributed by atoms with E-state index in [2.05, 4.69) is 101 Å². The number of para-hydroxylation sites is 2. The van der Waals surface area contributed by atoms with Crippen LogP contribution in [0.3, 0.4) is 0 Å². The van der Waals surface area contributed by atoms with E-state index >= 15 is 0 Å². The molecule has 1 fully saturated rings. The van der Waals surface area contributed by atoms with Gasteiger partial charge in [0, 0.05) is 45.1 Å². The predicted molar refractivity (Wildman–Crippen MR) is 113 cm³/mol. The van der Waals surface area contributed by atoms with E-state index in [1.807, 2.05) is 0 Å². The largest absolute Gasteiger partial charge is 0.358 e. The number of hydrogen-bond acceptors (Lipinski definition) is 1. The van der Waals surface area contributed by atoms with Gasteiger partial charge in [-0.15, -0.1) is 0 Å². The quantitative estimate of drug-likeness (QED) is 0.433. The summed E-state index contributed by atoms with van der Waals surface area (Å²) in [5.41, 5.74) is 7.58. The maximum Gasteiger partial charge on any atom is 0.0469 e. The fourth-order valence-corrected chi connectivity index (χ4v) is 4.41. The van der Waals surface area contributed by atoms with Crippen molar-refractivity contribution in [3.63, 3.8) is 0 Å². The third kappa shape index (κ3) is 2.33. The number of fused-ring (bicyclic) bond motifs is 5. The van der Waals surface area contributed by atoms with Crippen molar-refractivity contribution in [3.05, 3.63) is 96.2 Å². The van der Waals surface area contributed by atoms with Gasteiger partial charge in [-0.1, -0.05) is 48.6 Å². The van der Waals surface area contributed by atoms with E-state index < -0.39 is 0 Å². The third-order valence-electron chi connectivity index (χ3n) is 5.86. The van der Waals surface area contributed by atoms with Crippen LogP contribution in [0.25, 0.3) is 17.0 Å². The number of aromatic amines is 1. The van der Waals surface area contributed by atoms with Crippen LogP contribution in [0.2, 0.25) is 0 Å². The van der Waals surface area contributed by atoms with Gasteiger partial charge in [0.05, 0.1) is 0 Å². The monoisotopic (exact) mass is 348 g/mol. The van der Waals surface area contributed by atoms with Gasteiger partial charge >= 0.3 is 0 Å². The van der Waals surface area contributed by atoms with Gasteiger partial charge in [0.2, 0.25) is 0 Å². The highest BCUT2D eigenvalue weighted by Crippen LogP contribution is 2.53. The fraction of sp³-hybridized carbons (Fsp3) is 0.120. The predicted octanol–water partition coefficient (Wildman–Crippen LogP) is 6.77. The van der Waals surface area contributed by atoms with Gasteiger partial charge in [-0.2, -0.15) is 0 Å². The molecule has 0 aliphatic heterocycles. The number of nitrogens with one attached hydrogen (secondary N) is 1. The Labute approximate surface area is 158 Å². The Kier molecular flexibility index (Phi) is 3.09. The van der Waals surface area contributed by atoms with Gasteiger partial charge in [0.1, 0.15) is 0 Å². The summed E-state index contributed by atoms with van der Waals surface area (Å²) in [6, 6.07) is 28.0. The summed E-state index contributed by atoms with van der Waals surface area (Å²) in [6.45, 7) is 0. The molecule has 2 aliphatic rings. The summed E-state index contributed by atoms with van der Waals surface area (Å²) < 4.78 is 0. The molecule has 1 aromatic heterocycles. The van der Waals surface area contributed by atoms with E-state index in [9.17, 15) is 0 Å². The Balaban J connectivity index is 1.55. The van der Waals surface area contributed by atoms with E-state index in [-0.39, 0.29) is 0 Å². The number of hydrogen-bond donors (Lipinski definition) is 1. The summed E-state index contributed by atoms with van der Waals surface area (Å²) >= 11 is 0. The zero-order valence-electron chi connectivity index (χ0n) is 15.0. The maximum absolute atomic E-state index is 3.68. The lowest BCUT2D eigenvalue weighted by molar-refractivity contribution is 0.962. The van der Waals surface area contributed by atoms with Crippen molar-refractivity contribution in [2.75, 3.05) is 4.90 Å². The van der Waals surface area contributed by atoms with E-state index in [1.165, 1.54) is 45.6 Å². The molecule has 1 heterocycles. The number of anilines is 3. The lowest BCUT2D eigenvalue weighted by Crippen LogP contribution is -2.09. The maximum atomic E-state index is 3.68. The van der Waals surface area contributed by atoms with Gasteiger partial charge in [0.25, 0.3) is 0 Å². The van der Waals surface area contributed by atoms with Crippen LogP contribution in [0, 0.1) is 5.92 Å². The molecule has 0 amide bonds. The molecule has 0 saturated heterocycles. The summed E-state index contributed by atoms with van der Waals surface area (Å²) in [4.78, 5) is 6.01. The third-order valence-corrected chi connectivity index (χ3v) is 5.86. The van der Waals surface area contributed by atoms with E-state index in [4.69, 9.17) is 0 Å². The highest BCUT2D eigenvalue weighted by molar-refractivity contribution is 5.95. The van der Waals surface area contributed by atoms with Gasteiger partial charge in [-0.05, 0) is 54.8 Å². The molecule has 2 aliphatic carbocycles. The first kappa shape index (κ1) is 14.9. The van der Waals surface area contributed by atoms with Crippen molar-refractivity contribution >= 4 is 34.0 Å². The Hall–Kier alpha value is -3.26. The SMILES string of the molecule is C1=CC2CC2c2[nH]c3ccc(N(c4ccccc4)c4ccccc4)cc3c21. The summed E-state index contributed by atoms with van der Waals surface area (Å²) in [7, 11) is 0. The van der Waals surface area contributed by atoms with Crippen LogP contribution in [0.1, 0.15) is 23.6 Å². The summed E-state index contributed by atoms with van der Waals surface area (Å²) in [5.74, 6) is 1.47. The van der Waals surface area contributed by atoms with Gasteiger partial charge in [0.15, 0.2) is 0 Å². The minimum Gasteiger partial charge on any atom is -0.358 e. The number of aromatic nitrogens is 1. The average Bonchev–Trinajstić information content (AvgIpc) is 3.43. The van der Waals surface area contributed by atoms with Crippen LogP contribution < -0.4 is 4.90 Å². The molecule has 130 valence electrons. The van der Waals surface area contributed by atoms with Crippen LogP contribution >= 0.6 is 0 Å². The molecule has 6 rings (SSSR count). The number of H-pyrrole nitrogens is 1. The molecule has 2 nitrogen and oxygen atoms in total. The summed E-state index contributed by atoms with van der Waals surface area (Å²) in [6.07, 6.45) is 6.00. The van der Waals surface area contributed by atoms with E-state index in [0.717, 1.165) is 5.92 Å². The summed E-state index contributed by atoms with van der Waals surface area (Å²) in [5, 5.41) is 1.32. The van der Waals surface area contributed by atoms with Gasteiger partial charge < -0.3 is 9.88 Å². The van der Waals surface area contributed by atoms with Gasteiger partial charge in [-0.3, -0.25) is 0 Å². The second-order valence-electron chi connectivity index (χ2n) is 7.55. The number of allylic oxidation sites excluding steroid dienone is 1. The van der Waals surface area contributed by atoms with Crippen LogP contribution in [0.5, 0.6) is 0 Å². The van der Waals surface area contributed by atoms with Crippen molar-refractivity contribution in [1.29, 1.82) is 0 Å². The average molecular weight is 348 g/mol. The lowest BCUT2D eigenvalue weighted by Gasteiger charge is -2.25. The lowest BCUT2D eigenvalue weighted by atomic mass is 10.0. The highest BCUT2D eigenvalue weighted by atomic mass is 15.1. The number of benzene rings is 3. The normalized spacial score (nSPS) is 19.6. The molecule has 27 heavy (non-hydrogen) atoms. The molecular weight excluding hydrogens is 328 g/mol. The molecule has 0 spiro atoms. The molecule has 2 heteroatoms. The molecule has 1 saturated carbocycles. The van der Waals surface area contributed by atoms with Crippen molar-refractivity contribution < 1.29 is 0 Å². The Morgan fingerprint density at radius 2 is 1.48 bits per heavy atom. The van der Waals surface area contributed by atoms with Crippen molar-refractivity contribution in [2.24, 2.45) is 5.92 Å². The molecule has 3 aromatic carbocycles. The van der Waals surface area contributed by atoms with Crippen LogP contribution in [-0.2, 0) is 0 Å². The Morgan fingerprint density at radius 1 is 0.778 bits per heavy atom. The Bertz CT molecular complexity index is 1120. The fourth-order valence-electron chi connectivity index (χ4n) is 4.41. The zero-order chi connectivity index (χ0) is 17.8. The molecule has 1 N–H and O–H groups in total. The highest BCUT2D eigenvalue weighted by Gasteiger charge is 2.41. The minimum atomic E-state index is 0.709. The second kappa shape index (κ2) is 5.62. The van der Waals surface area contributed by atoms with Crippen molar-refractivity contribution in [1.82, 2.24) is 4.98 Å². The zero-order valence-corrected chi connectivity index (χ0v) is 15.0. The van der Waals surface area contributed by atoms with Crippen molar-refractivity contribution in [3.8, 4) is 0 Å². The molecule has 4 aromatic rings. The second-order valence-corrected chi connectivity index (χ2v) is 7.55. The molecule has 0 bridgehead atoms. The minimum absolute atomic E-state index is 0.709.